The van der Waals surface area contributed by atoms with Crippen LogP contribution >= 0.6 is 0 Å². The number of benzene rings is 1. The average molecular weight is 279 g/mol. The van der Waals surface area contributed by atoms with E-state index in [-0.39, 0.29) is 17.8 Å². The highest BCUT2D eigenvalue weighted by Gasteiger charge is 2.32. The van der Waals surface area contributed by atoms with Gasteiger partial charge in [-0.15, -0.1) is 0 Å². The van der Waals surface area contributed by atoms with Crippen molar-refractivity contribution >= 4 is 11.6 Å². The molecular formula is C17H26FNO. The maximum atomic E-state index is 13.5. The number of halogens is 1. The molecule has 0 unspecified atom stereocenters. The number of anilines is 1. The second kappa shape index (κ2) is 6.38. The zero-order valence-corrected chi connectivity index (χ0v) is 13.5. The van der Waals surface area contributed by atoms with E-state index in [4.69, 9.17) is 0 Å². The summed E-state index contributed by atoms with van der Waals surface area (Å²) in [5.74, 6) is -0.154. The maximum absolute atomic E-state index is 13.5. The molecule has 0 heterocycles. The molecule has 0 spiro atoms. The minimum atomic E-state index is -0.453. The molecule has 112 valence electrons. The molecule has 0 aromatic heterocycles. The summed E-state index contributed by atoms with van der Waals surface area (Å²) >= 11 is 0. The van der Waals surface area contributed by atoms with Crippen LogP contribution in [0.1, 0.15) is 53.0 Å². The molecule has 0 saturated heterocycles. The van der Waals surface area contributed by atoms with E-state index in [0.717, 1.165) is 18.5 Å². The molecule has 1 amide bonds. The topological polar surface area (TPSA) is 20.3 Å². The van der Waals surface area contributed by atoms with Gasteiger partial charge in [0.15, 0.2) is 0 Å². The van der Waals surface area contributed by atoms with Crippen LogP contribution in [0.2, 0.25) is 0 Å². The van der Waals surface area contributed by atoms with Crippen molar-refractivity contribution in [2.75, 3.05) is 4.90 Å². The normalized spacial score (nSPS) is 11.8. The Hall–Kier alpha value is -1.38. The third-order valence-electron chi connectivity index (χ3n) is 3.59. The third-order valence-corrected chi connectivity index (χ3v) is 3.59. The number of amides is 1. The van der Waals surface area contributed by atoms with Crippen LogP contribution in [-0.4, -0.2) is 11.9 Å². The largest absolute Gasteiger partial charge is 0.309 e. The van der Waals surface area contributed by atoms with Crippen molar-refractivity contribution in [2.45, 2.75) is 60.4 Å². The van der Waals surface area contributed by atoms with Crippen LogP contribution in [0, 0.1) is 18.2 Å². The van der Waals surface area contributed by atoms with Crippen LogP contribution in [-0.2, 0) is 4.79 Å². The van der Waals surface area contributed by atoms with Crippen molar-refractivity contribution in [3.8, 4) is 0 Å². The molecule has 0 saturated carbocycles. The van der Waals surface area contributed by atoms with Gasteiger partial charge in [-0.1, -0.05) is 34.6 Å². The Balaban J connectivity index is 3.29. The summed E-state index contributed by atoms with van der Waals surface area (Å²) < 4.78 is 13.5. The molecule has 0 atom stereocenters. The molecule has 3 heteroatoms. The van der Waals surface area contributed by atoms with Crippen LogP contribution in [0.5, 0.6) is 0 Å². The van der Waals surface area contributed by atoms with Gasteiger partial charge in [-0.25, -0.2) is 4.39 Å². The highest BCUT2D eigenvalue weighted by molar-refractivity contribution is 5.97. The predicted molar refractivity (Wildman–Crippen MR) is 82.4 cm³/mol. The number of aryl methyl sites for hydroxylation is 1. The molecule has 0 bridgehead atoms. The fourth-order valence-corrected chi connectivity index (χ4v) is 2.29. The van der Waals surface area contributed by atoms with Crippen molar-refractivity contribution in [2.24, 2.45) is 5.41 Å². The minimum Gasteiger partial charge on any atom is -0.309 e. The Morgan fingerprint density at radius 3 is 2.20 bits per heavy atom. The highest BCUT2D eigenvalue weighted by Crippen LogP contribution is 2.28. The van der Waals surface area contributed by atoms with E-state index in [9.17, 15) is 9.18 Å². The van der Waals surface area contributed by atoms with Crippen molar-refractivity contribution in [3.05, 3.63) is 29.6 Å². The molecule has 1 aromatic carbocycles. The first-order valence-corrected chi connectivity index (χ1v) is 7.32. The predicted octanol–water partition coefficient (Wildman–Crippen LogP) is 4.70. The van der Waals surface area contributed by atoms with E-state index in [1.54, 1.807) is 19.1 Å². The minimum absolute atomic E-state index is 0.0807. The van der Waals surface area contributed by atoms with Gasteiger partial charge < -0.3 is 4.90 Å². The van der Waals surface area contributed by atoms with E-state index in [2.05, 4.69) is 13.8 Å². The zero-order valence-electron chi connectivity index (χ0n) is 13.5. The molecule has 1 aromatic rings. The van der Waals surface area contributed by atoms with Crippen LogP contribution in [0.4, 0.5) is 10.1 Å². The van der Waals surface area contributed by atoms with Crippen LogP contribution in [0.3, 0.4) is 0 Å². The monoisotopic (exact) mass is 279 g/mol. The molecule has 20 heavy (non-hydrogen) atoms. The number of nitrogens with zero attached hydrogens (tertiary/aromatic N) is 1. The van der Waals surface area contributed by atoms with Crippen molar-refractivity contribution < 1.29 is 9.18 Å². The molecule has 0 fully saturated rings. The van der Waals surface area contributed by atoms with Gasteiger partial charge in [0.25, 0.3) is 0 Å². The van der Waals surface area contributed by atoms with Gasteiger partial charge in [-0.05, 0) is 43.5 Å². The van der Waals surface area contributed by atoms with Gasteiger partial charge in [0.1, 0.15) is 5.82 Å². The summed E-state index contributed by atoms with van der Waals surface area (Å²) in [5, 5.41) is 0. The van der Waals surface area contributed by atoms with Gasteiger partial charge in [0.05, 0.1) is 0 Å². The fourth-order valence-electron chi connectivity index (χ4n) is 2.29. The summed E-state index contributed by atoms with van der Waals surface area (Å²) in [6.45, 7) is 11.6. The Bertz CT molecular complexity index is 472. The number of carbonyl (C=O) groups excluding carboxylic acids is 1. The maximum Gasteiger partial charge on any atom is 0.232 e. The Morgan fingerprint density at radius 1 is 1.25 bits per heavy atom. The van der Waals surface area contributed by atoms with Crippen molar-refractivity contribution in [1.29, 1.82) is 0 Å². The van der Waals surface area contributed by atoms with E-state index in [1.807, 2.05) is 25.7 Å². The lowest BCUT2D eigenvalue weighted by Crippen LogP contribution is -2.45. The summed E-state index contributed by atoms with van der Waals surface area (Å²) in [7, 11) is 0. The summed E-state index contributed by atoms with van der Waals surface area (Å²) in [6, 6.07) is 5.05. The number of carbonyl (C=O) groups is 1. The van der Waals surface area contributed by atoms with Crippen molar-refractivity contribution in [1.82, 2.24) is 0 Å². The molecule has 0 N–H and O–H groups in total. The van der Waals surface area contributed by atoms with E-state index in [1.165, 1.54) is 6.07 Å². The molecule has 0 aliphatic heterocycles. The van der Waals surface area contributed by atoms with Crippen LogP contribution < -0.4 is 4.90 Å². The molecule has 0 aliphatic carbocycles. The fraction of sp³-hybridized carbons (Fsp3) is 0.588. The molecule has 2 nitrogen and oxygen atoms in total. The molecule has 0 aliphatic rings. The van der Waals surface area contributed by atoms with Gasteiger partial charge >= 0.3 is 0 Å². The lowest BCUT2D eigenvalue weighted by atomic mass is 9.92. The zero-order chi connectivity index (χ0) is 15.5. The van der Waals surface area contributed by atoms with E-state index in [0.29, 0.717) is 5.56 Å². The Kier molecular flexibility index (Phi) is 5.32. The highest BCUT2D eigenvalue weighted by atomic mass is 19.1. The Labute approximate surface area is 122 Å². The number of rotatable bonds is 4. The second-order valence-corrected chi connectivity index (χ2v) is 6.33. The van der Waals surface area contributed by atoms with Gasteiger partial charge in [-0.3, -0.25) is 4.79 Å². The van der Waals surface area contributed by atoms with Crippen LogP contribution in [0.25, 0.3) is 0 Å². The van der Waals surface area contributed by atoms with Gasteiger partial charge in [-0.2, -0.15) is 0 Å². The lowest BCUT2D eigenvalue weighted by Gasteiger charge is -2.35. The molecular weight excluding hydrogens is 253 g/mol. The van der Waals surface area contributed by atoms with Crippen molar-refractivity contribution in [3.63, 3.8) is 0 Å². The van der Waals surface area contributed by atoms with E-state index < -0.39 is 5.41 Å². The first-order valence-electron chi connectivity index (χ1n) is 7.32. The lowest BCUT2D eigenvalue weighted by molar-refractivity contribution is -0.126. The first-order chi connectivity index (χ1) is 9.22. The van der Waals surface area contributed by atoms with Gasteiger partial charge in [0.2, 0.25) is 5.91 Å². The average Bonchev–Trinajstić information content (AvgIpc) is 2.37. The molecule has 1 rings (SSSR count). The first kappa shape index (κ1) is 16.7. The quantitative estimate of drug-likeness (QED) is 0.782. The SMILES string of the molecule is CCC(CC)N(C(=O)C(C)(C)C)c1ccc(F)c(C)c1. The summed E-state index contributed by atoms with van der Waals surface area (Å²) in [4.78, 5) is 14.6. The standard InChI is InChI=1S/C17H26FNO/c1-7-13(8-2)19(16(20)17(4,5)6)14-9-10-15(18)12(3)11-14/h9-11,13H,7-8H2,1-6H3. The number of hydrogen-bond donors (Lipinski definition) is 0. The smallest absolute Gasteiger partial charge is 0.232 e. The van der Waals surface area contributed by atoms with E-state index >= 15 is 0 Å². The van der Waals surface area contributed by atoms with Gasteiger partial charge in [0, 0.05) is 17.1 Å². The summed E-state index contributed by atoms with van der Waals surface area (Å²) in [5.41, 5.74) is 0.905. The third kappa shape index (κ3) is 3.59. The second-order valence-electron chi connectivity index (χ2n) is 6.33. The number of hydrogen-bond acceptors (Lipinski definition) is 1. The molecule has 0 radical (unpaired) electrons. The summed E-state index contributed by atoms with van der Waals surface area (Å²) in [6.07, 6.45) is 1.77. The van der Waals surface area contributed by atoms with Crippen LogP contribution in [0.15, 0.2) is 18.2 Å². The Morgan fingerprint density at radius 2 is 1.80 bits per heavy atom.